The largest absolute Gasteiger partial charge is 0.494 e. The minimum atomic E-state index is 0.550. The Labute approximate surface area is 85.3 Å². The molecule has 2 nitrogen and oxygen atoms in total. The van der Waals surface area contributed by atoms with Gasteiger partial charge in [-0.05, 0) is 37.6 Å². The molecule has 0 bridgehead atoms. The summed E-state index contributed by atoms with van der Waals surface area (Å²) in [6, 6.07) is 5.93. The predicted molar refractivity (Wildman–Crippen MR) is 59.7 cm³/mol. The average Bonchev–Trinajstić information content (AvgIpc) is 2.17. The van der Waals surface area contributed by atoms with Crippen LogP contribution in [0.5, 0.6) is 5.75 Å². The Hall–Kier alpha value is -1.62. The summed E-state index contributed by atoms with van der Waals surface area (Å²) < 4.78 is 5.38. The molecule has 0 amide bonds. The lowest BCUT2D eigenvalue weighted by molar-refractivity contribution is 0.340. The van der Waals surface area contributed by atoms with E-state index in [0.29, 0.717) is 13.2 Å². The first-order valence-corrected chi connectivity index (χ1v) is 4.68. The molecule has 1 aromatic carbocycles. The van der Waals surface area contributed by atoms with E-state index in [-0.39, 0.29) is 0 Å². The molecule has 2 heteroatoms. The van der Waals surface area contributed by atoms with Crippen molar-refractivity contribution in [1.82, 2.24) is 0 Å². The first kappa shape index (κ1) is 10.5. The number of hydrogen-bond acceptors (Lipinski definition) is 2. The van der Waals surface area contributed by atoms with Gasteiger partial charge in [0.1, 0.15) is 5.75 Å². The van der Waals surface area contributed by atoms with Crippen molar-refractivity contribution in [2.75, 3.05) is 18.5 Å². The van der Waals surface area contributed by atoms with E-state index < -0.39 is 0 Å². The first-order chi connectivity index (χ1) is 6.77. The first-order valence-electron chi connectivity index (χ1n) is 4.68. The molecular formula is C12H15NO. The number of benzene rings is 1. The molecule has 0 spiro atoms. The fourth-order valence-corrected chi connectivity index (χ4v) is 1.24. The van der Waals surface area contributed by atoms with Crippen LogP contribution >= 0.6 is 0 Å². The average molecular weight is 189 g/mol. The van der Waals surface area contributed by atoms with Crippen LogP contribution in [-0.2, 0) is 0 Å². The second-order valence-corrected chi connectivity index (χ2v) is 2.97. The van der Waals surface area contributed by atoms with E-state index >= 15 is 0 Å². The van der Waals surface area contributed by atoms with Gasteiger partial charge >= 0.3 is 0 Å². The molecule has 1 N–H and O–H groups in total. The fraction of sp³-hybridized carbons (Fsp3) is 0.333. The van der Waals surface area contributed by atoms with Gasteiger partial charge in [0, 0.05) is 5.69 Å². The second kappa shape index (κ2) is 5.18. The molecule has 0 aliphatic carbocycles. The summed E-state index contributed by atoms with van der Waals surface area (Å²) in [4.78, 5) is 0. The summed E-state index contributed by atoms with van der Waals surface area (Å²) in [5.41, 5.74) is 2.21. The number of aryl methyl sites for hydroxylation is 1. The maximum atomic E-state index is 5.38. The van der Waals surface area contributed by atoms with E-state index in [2.05, 4.69) is 11.2 Å². The van der Waals surface area contributed by atoms with Crippen LogP contribution in [0, 0.1) is 19.3 Å². The lowest BCUT2D eigenvalue weighted by Gasteiger charge is -2.09. The van der Waals surface area contributed by atoms with Crippen LogP contribution in [0.15, 0.2) is 18.2 Å². The van der Waals surface area contributed by atoms with Crippen molar-refractivity contribution < 1.29 is 4.74 Å². The highest BCUT2D eigenvalue weighted by Gasteiger charge is 1.98. The Kier molecular flexibility index (Phi) is 3.87. The van der Waals surface area contributed by atoms with Crippen LogP contribution in [0.1, 0.15) is 12.5 Å². The van der Waals surface area contributed by atoms with Gasteiger partial charge in [0.05, 0.1) is 13.2 Å². The third-order valence-electron chi connectivity index (χ3n) is 1.89. The number of hydrogen-bond donors (Lipinski definition) is 1. The standard InChI is InChI=1S/C12H15NO/c1-4-8-13-12-7-6-11(14-5-2)9-10(12)3/h1,6-7,9,13H,5,8H2,2-3H3. The molecule has 0 aliphatic rings. The second-order valence-electron chi connectivity index (χ2n) is 2.97. The lowest BCUT2D eigenvalue weighted by Crippen LogP contribution is -2.00. The Bertz CT molecular complexity index is 339. The normalized spacial score (nSPS) is 9.21. The van der Waals surface area contributed by atoms with E-state index in [4.69, 9.17) is 11.2 Å². The molecule has 0 heterocycles. The highest BCUT2D eigenvalue weighted by Crippen LogP contribution is 2.20. The SMILES string of the molecule is C#CCNc1ccc(OCC)cc1C. The van der Waals surface area contributed by atoms with Crippen molar-refractivity contribution in [3.63, 3.8) is 0 Å². The zero-order chi connectivity index (χ0) is 10.4. The van der Waals surface area contributed by atoms with Crippen molar-refractivity contribution in [2.45, 2.75) is 13.8 Å². The summed E-state index contributed by atoms with van der Waals surface area (Å²) in [5, 5.41) is 3.14. The van der Waals surface area contributed by atoms with Crippen molar-refractivity contribution >= 4 is 5.69 Å². The third-order valence-corrected chi connectivity index (χ3v) is 1.89. The van der Waals surface area contributed by atoms with Crippen LogP contribution < -0.4 is 10.1 Å². The summed E-state index contributed by atoms with van der Waals surface area (Å²) in [6.45, 7) is 5.24. The fourth-order valence-electron chi connectivity index (χ4n) is 1.24. The van der Waals surface area contributed by atoms with Crippen LogP contribution in [-0.4, -0.2) is 13.2 Å². The minimum Gasteiger partial charge on any atom is -0.494 e. The number of nitrogens with one attached hydrogen (secondary N) is 1. The molecular weight excluding hydrogens is 174 g/mol. The van der Waals surface area contributed by atoms with Crippen LogP contribution in [0.3, 0.4) is 0 Å². The van der Waals surface area contributed by atoms with E-state index in [1.165, 1.54) is 0 Å². The molecule has 1 aromatic rings. The summed E-state index contributed by atoms with van der Waals surface area (Å²) in [6.07, 6.45) is 5.17. The lowest BCUT2D eigenvalue weighted by atomic mass is 10.2. The Morgan fingerprint density at radius 3 is 2.86 bits per heavy atom. The molecule has 0 unspecified atom stereocenters. The quantitative estimate of drug-likeness (QED) is 0.734. The maximum Gasteiger partial charge on any atom is 0.119 e. The smallest absolute Gasteiger partial charge is 0.119 e. The van der Waals surface area contributed by atoms with Gasteiger partial charge in [0.25, 0.3) is 0 Å². The number of anilines is 1. The number of ether oxygens (including phenoxy) is 1. The Balaban J connectivity index is 2.75. The zero-order valence-electron chi connectivity index (χ0n) is 8.63. The zero-order valence-corrected chi connectivity index (χ0v) is 8.63. The molecule has 74 valence electrons. The van der Waals surface area contributed by atoms with Crippen molar-refractivity contribution in [2.24, 2.45) is 0 Å². The van der Waals surface area contributed by atoms with Gasteiger partial charge in [0.2, 0.25) is 0 Å². The van der Waals surface area contributed by atoms with Crippen LogP contribution in [0.2, 0.25) is 0 Å². The monoisotopic (exact) mass is 189 g/mol. The van der Waals surface area contributed by atoms with Gasteiger partial charge in [-0.2, -0.15) is 0 Å². The van der Waals surface area contributed by atoms with Gasteiger partial charge in [0.15, 0.2) is 0 Å². The topological polar surface area (TPSA) is 21.3 Å². The highest BCUT2D eigenvalue weighted by atomic mass is 16.5. The highest BCUT2D eigenvalue weighted by molar-refractivity contribution is 5.54. The van der Waals surface area contributed by atoms with Crippen LogP contribution in [0.25, 0.3) is 0 Å². The third kappa shape index (κ3) is 2.70. The summed E-state index contributed by atoms with van der Waals surface area (Å²) in [5.74, 6) is 3.44. The van der Waals surface area contributed by atoms with Gasteiger partial charge in [-0.1, -0.05) is 5.92 Å². The minimum absolute atomic E-state index is 0.550. The predicted octanol–water partition coefficient (Wildman–Crippen LogP) is 2.44. The van der Waals surface area contributed by atoms with Gasteiger partial charge in [-0.25, -0.2) is 0 Å². The van der Waals surface area contributed by atoms with Crippen molar-refractivity contribution in [3.05, 3.63) is 23.8 Å². The van der Waals surface area contributed by atoms with Crippen molar-refractivity contribution in [3.8, 4) is 18.1 Å². The van der Waals surface area contributed by atoms with Gasteiger partial charge in [-0.15, -0.1) is 6.42 Å². The van der Waals surface area contributed by atoms with Gasteiger partial charge < -0.3 is 10.1 Å². The molecule has 14 heavy (non-hydrogen) atoms. The molecule has 1 rings (SSSR count). The summed E-state index contributed by atoms with van der Waals surface area (Å²) in [7, 11) is 0. The Morgan fingerprint density at radius 2 is 2.29 bits per heavy atom. The van der Waals surface area contributed by atoms with E-state index in [0.717, 1.165) is 17.0 Å². The van der Waals surface area contributed by atoms with Crippen LogP contribution in [0.4, 0.5) is 5.69 Å². The maximum absolute atomic E-state index is 5.38. The number of terminal acetylenes is 1. The van der Waals surface area contributed by atoms with E-state index in [9.17, 15) is 0 Å². The van der Waals surface area contributed by atoms with Gasteiger partial charge in [-0.3, -0.25) is 0 Å². The Morgan fingerprint density at radius 1 is 1.50 bits per heavy atom. The number of rotatable bonds is 4. The molecule has 0 saturated carbocycles. The molecule has 0 fully saturated rings. The van der Waals surface area contributed by atoms with E-state index in [1.54, 1.807) is 0 Å². The molecule has 0 aliphatic heterocycles. The van der Waals surface area contributed by atoms with Crippen molar-refractivity contribution in [1.29, 1.82) is 0 Å². The molecule has 0 radical (unpaired) electrons. The molecule has 0 saturated heterocycles. The molecule has 0 atom stereocenters. The molecule has 0 aromatic heterocycles. The summed E-state index contributed by atoms with van der Waals surface area (Å²) >= 11 is 0. The van der Waals surface area contributed by atoms with E-state index in [1.807, 2.05) is 32.0 Å².